The van der Waals surface area contributed by atoms with Gasteiger partial charge >= 0.3 is 0 Å². The van der Waals surface area contributed by atoms with Crippen LogP contribution in [0.25, 0.3) is 10.9 Å². The van der Waals surface area contributed by atoms with Crippen molar-refractivity contribution in [2.75, 3.05) is 0 Å². The van der Waals surface area contributed by atoms with Crippen molar-refractivity contribution in [3.05, 3.63) is 30.0 Å². The van der Waals surface area contributed by atoms with Gasteiger partial charge in [-0.3, -0.25) is 0 Å². The van der Waals surface area contributed by atoms with Gasteiger partial charge in [-0.25, -0.2) is 0 Å². The third-order valence-electron chi connectivity index (χ3n) is 5.34. The van der Waals surface area contributed by atoms with E-state index >= 15 is 0 Å². The molecule has 3 atom stereocenters. The molecule has 3 nitrogen and oxygen atoms in total. The number of fused-ring (bicyclic) bond motifs is 1. The highest BCUT2D eigenvalue weighted by Crippen LogP contribution is 2.39. The number of aliphatic hydroxyl groups is 1. The molecule has 24 heavy (non-hydrogen) atoms. The SMILES string of the molecule is CCCCCC(C)Oc1ccc(C2CCCC(O)C2)c2[nH]ccc12. The van der Waals surface area contributed by atoms with E-state index in [9.17, 15) is 5.11 Å². The Labute approximate surface area is 145 Å². The number of aromatic amines is 1. The van der Waals surface area contributed by atoms with Crippen LogP contribution in [0.5, 0.6) is 5.75 Å². The Morgan fingerprint density at radius 3 is 2.92 bits per heavy atom. The summed E-state index contributed by atoms with van der Waals surface area (Å²) < 4.78 is 6.23. The largest absolute Gasteiger partial charge is 0.490 e. The number of hydrogen-bond donors (Lipinski definition) is 2. The molecule has 1 aliphatic carbocycles. The third kappa shape index (κ3) is 3.94. The maximum Gasteiger partial charge on any atom is 0.129 e. The van der Waals surface area contributed by atoms with Crippen molar-refractivity contribution in [3.8, 4) is 5.75 Å². The molecule has 2 aromatic rings. The highest BCUT2D eigenvalue weighted by Gasteiger charge is 2.24. The zero-order valence-corrected chi connectivity index (χ0v) is 15.1. The molecule has 2 N–H and O–H groups in total. The number of benzene rings is 1. The normalized spacial score (nSPS) is 22.6. The smallest absolute Gasteiger partial charge is 0.129 e. The first-order valence-electron chi connectivity index (χ1n) is 9.63. The van der Waals surface area contributed by atoms with Crippen LogP contribution in [0, 0.1) is 0 Å². The number of ether oxygens (including phenoxy) is 1. The second-order valence-electron chi connectivity index (χ2n) is 7.36. The first-order chi connectivity index (χ1) is 11.7. The van der Waals surface area contributed by atoms with Gasteiger partial charge < -0.3 is 14.8 Å². The minimum absolute atomic E-state index is 0.150. The summed E-state index contributed by atoms with van der Waals surface area (Å²) in [6.07, 6.45) is 11.1. The Morgan fingerprint density at radius 1 is 1.25 bits per heavy atom. The van der Waals surface area contributed by atoms with Gasteiger partial charge in [-0.2, -0.15) is 0 Å². The van der Waals surface area contributed by atoms with Crippen LogP contribution in [-0.4, -0.2) is 22.3 Å². The summed E-state index contributed by atoms with van der Waals surface area (Å²) in [5, 5.41) is 11.2. The van der Waals surface area contributed by atoms with E-state index in [1.807, 2.05) is 6.20 Å². The molecule has 0 aliphatic heterocycles. The van der Waals surface area contributed by atoms with Crippen LogP contribution in [0.15, 0.2) is 24.4 Å². The average Bonchev–Trinajstić information content (AvgIpc) is 3.05. The summed E-state index contributed by atoms with van der Waals surface area (Å²) in [5.74, 6) is 1.43. The molecule has 3 heteroatoms. The third-order valence-corrected chi connectivity index (χ3v) is 5.34. The van der Waals surface area contributed by atoms with E-state index in [2.05, 4.69) is 37.0 Å². The zero-order chi connectivity index (χ0) is 16.9. The molecule has 1 aromatic heterocycles. The predicted octanol–water partition coefficient (Wildman–Crippen LogP) is 5.53. The molecule has 0 saturated heterocycles. The molecule has 3 unspecified atom stereocenters. The topological polar surface area (TPSA) is 45.2 Å². The molecule has 132 valence electrons. The molecule has 3 rings (SSSR count). The molecule has 0 amide bonds. The van der Waals surface area contributed by atoms with Gasteiger partial charge in [0, 0.05) is 11.6 Å². The first kappa shape index (κ1) is 17.3. The number of hydrogen-bond acceptors (Lipinski definition) is 2. The second kappa shape index (κ2) is 8.06. The summed E-state index contributed by atoms with van der Waals surface area (Å²) in [5.41, 5.74) is 2.52. The van der Waals surface area contributed by atoms with Gasteiger partial charge in [-0.15, -0.1) is 0 Å². The Morgan fingerprint density at radius 2 is 2.12 bits per heavy atom. The molecular formula is C21H31NO2. The van der Waals surface area contributed by atoms with Gasteiger partial charge in [-0.1, -0.05) is 32.3 Å². The van der Waals surface area contributed by atoms with Gasteiger partial charge in [0.05, 0.1) is 17.7 Å². The van der Waals surface area contributed by atoms with E-state index in [1.54, 1.807) is 0 Å². The average molecular weight is 329 g/mol. The highest BCUT2D eigenvalue weighted by atomic mass is 16.5. The summed E-state index contributed by atoms with van der Waals surface area (Å²) in [7, 11) is 0. The molecule has 1 fully saturated rings. The van der Waals surface area contributed by atoms with Gasteiger partial charge in [0.25, 0.3) is 0 Å². The van der Waals surface area contributed by atoms with E-state index in [0.717, 1.165) is 31.4 Å². The Kier molecular flexibility index (Phi) is 5.83. The summed E-state index contributed by atoms with van der Waals surface area (Å²) in [6, 6.07) is 6.45. The number of unbranched alkanes of at least 4 members (excludes halogenated alkanes) is 2. The van der Waals surface area contributed by atoms with Crippen LogP contribution < -0.4 is 4.74 Å². The van der Waals surface area contributed by atoms with Crippen molar-refractivity contribution in [1.29, 1.82) is 0 Å². The number of rotatable bonds is 7. The number of aliphatic hydroxyl groups excluding tert-OH is 1. The summed E-state index contributed by atoms with van der Waals surface area (Å²) in [4.78, 5) is 3.40. The van der Waals surface area contributed by atoms with Crippen LogP contribution in [-0.2, 0) is 0 Å². The lowest BCUT2D eigenvalue weighted by molar-refractivity contribution is 0.120. The van der Waals surface area contributed by atoms with Crippen LogP contribution >= 0.6 is 0 Å². The molecule has 0 bridgehead atoms. The second-order valence-corrected chi connectivity index (χ2v) is 7.36. The van der Waals surface area contributed by atoms with E-state index in [4.69, 9.17) is 4.74 Å². The maximum atomic E-state index is 10.0. The van der Waals surface area contributed by atoms with E-state index < -0.39 is 0 Å². The molecule has 1 saturated carbocycles. The van der Waals surface area contributed by atoms with Gasteiger partial charge in [0.15, 0.2) is 0 Å². The van der Waals surface area contributed by atoms with Crippen molar-refractivity contribution in [2.24, 2.45) is 0 Å². The molecule has 0 radical (unpaired) electrons. The first-order valence-corrected chi connectivity index (χ1v) is 9.63. The maximum absolute atomic E-state index is 10.0. The number of aromatic nitrogens is 1. The van der Waals surface area contributed by atoms with E-state index in [-0.39, 0.29) is 12.2 Å². The van der Waals surface area contributed by atoms with E-state index in [0.29, 0.717) is 5.92 Å². The van der Waals surface area contributed by atoms with Crippen molar-refractivity contribution < 1.29 is 9.84 Å². The number of nitrogens with one attached hydrogen (secondary N) is 1. The summed E-state index contributed by atoms with van der Waals surface area (Å²) >= 11 is 0. The Balaban J connectivity index is 1.77. The molecule has 1 heterocycles. The van der Waals surface area contributed by atoms with Crippen LogP contribution in [0.1, 0.15) is 76.7 Å². The fourth-order valence-electron chi connectivity index (χ4n) is 4.00. The van der Waals surface area contributed by atoms with Crippen LogP contribution in [0.4, 0.5) is 0 Å². The van der Waals surface area contributed by atoms with Crippen molar-refractivity contribution >= 4 is 10.9 Å². The van der Waals surface area contributed by atoms with Crippen molar-refractivity contribution in [1.82, 2.24) is 4.98 Å². The van der Waals surface area contributed by atoms with E-state index in [1.165, 1.54) is 42.1 Å². The Bertz CT molecular complexity index is 648. The quantitative estimate of drug-likeness (QED) is 0.656. The summed E-state index contributed by atoms with van der Waals surface area (Å²) in [6.45, 7) is 4.40. The lowest BCUT2D eigenvalue weighted by Gasteiger charge is -2.27. The lowest BCUT2D eigenvalue weighted by Crippen LogP contribution is -2.18. The Hall–Kier alpha value is -1.48. The van der Waals surface area contributed by atoms with Crippen molar-refractivity contribution in [3.63, 3.8) is 0 Å². The predicted molar refractivity (Wildman–Crippen MR) is 99.7 cm³/mol. The minimum atomic E-state index is -0.150. The highest BCUT2D eigenvalue weighted by molar-refractivity contribution is 5.89. The fourth-order valence-corrected chi connectivity index (χ4v) is 4.00. The van der Waals surface area contributed by atoms with Crippen LogP contribution in [0.3, 0.4) is 0 Å². The lowest BCUT2D eigenvalue weighted by atomic mass is 9.82. The molecule has 1 aliphatic rings. The molecular weight excluding hydrogens is 298 g/mol. The standard InChI is InChI=1S/C21H31NO2/c1-3-4-5-7-15(2)24-20-11-10-18(21-19(20)12-13-22-21)16-8-6-9-17(23)14-16/h10-13,15-17,22-23H,3-9,14H2,1-2H3. The monoisotopic (exact) mass is 329 g/mol. The number of H-pyrrole nitrogens is 1. The van der Waals surface area contributed by atoms with Crippen molar-refractivity contribution in [2.45, 2.75) is 83.3 Å². The van der Waals surface area contributed by atoms with Crippen LogP contribution in [0.2, 0.25) is 0 Å². The zero-order valence-electron chi connectivity index (χ0n) is 15.1. The molecule has 1 aromatic carbocycles. The van der Waals surface area contributed by atoms with Gasteiger partial charge in [-0.05, 0) is 62.6 Å². The minimum Gasteiger partial charge on any atom is -0.490 e. The molecule has 0 spiro atoms. The fraction of sp³-hybridized carbons (Fsp3) is 0.619. The van der Waals surface area contributed by atoms with Gasteiger partial charge in [0.2, 0.25) is 0 Å². The van der Waals surface area contributed by atoms with Gasteiger partial charge in [0.1, 0.15) is 5.75 Å².